The first-order chi connectivity index (χ1) is 8.24. The van der Waals surface area contributed by atoms with E-state index in [1.807, 2.05) is 24.3 Å². The molecule has 1 heterocycles. The van der Waals surface area contributed by atoms with Gasteiger partial charge in [0, 0.05) is 5.02 Å². The zero-order valence-corrected chi connectivity index (χ0v) is 11.0. The number of thiophene rings is 1. The largest absolute Gasteiger partial charge is 0.393 e. The van der Waals surface area contributed by atoms with Gasteiger partial charge in [-0.05, 0) is 59.3 Å². The van der Waals surface area contributed by atoms with Crippen molar-refractivity contribution >= 4 is 22.9 Å². The van der Waals surface area contributed by atoms with Crippen LogP contribution in [0.3, 0.4) is 0 Å². The fourth-order valence-corrected chi connectivity index (χ4v) is 2.72. The fraction of sp³-hybridized carbons (Fsp3) is 0.286. The summed E-state index contributed by atoms with van der Waals surface area (Å²) in [6.45, 7) is 0. The van der Waals surface area contributed by atoms with Crippen LogP contribution >= 0.6 is 22.9 Å². The average Bonchev–Trinajstić information content (AvgIpc) is 2.79. The van der Waals surface area contributed by atoms with Gasteiger partial charge in [0.1, 0.15) is 0 Å². The van der Waals surface area contributed by atoms with E-state index in [0.29, 0.717) is 6.42 Å². The second-order valence-electron chi connectivity index (χ2n) is 4.16. The molecule has 0 aliphatic heterocycles. The summed E-state index contributed by atoms with van der Waals surface area (Å²) >= 11 is 7.60. The lowest BCUT2D eigenvalue weighted by molar-refractivity contribution is 0.165. The number of hydrogen-bond donors (Lipinski definition) is 1. The van der Waals surface area contributed by atoms with Crippen molar-refractivity contribution < 1.29 is 5.11 Å². The van der Waals surface area contributed by atoms with Gasteiger partial charge in [-0.25, -0.2) is 0 Å². The minimum atomic E-state index is -0.298. The zero-order chi connectivity index (χ0) is 12.1. The van der Waals surface area contributed by atoms with Crippen LogP contribution in [0.1, 0.15) is 17.5 Å². The van der Waals surface area contributed by atoms with Gasteiger partial charge in [-0.3, -0.25) is 0 Å². The lowest BCUT2D eigenvalue weighted by Crippen LogP contribution is -2.11. The minimum Gasteiger partial charge on any atom is -0.393 e. The Morgan fingerprint density at radius 2 is 2.12 bits per heavy atom. The molecular weight excluding hydrogens is 252 g/mol. The molecule has 0 radical (unpaired) electrons. The highest BCUT2D eigenvalue weighted by Crippen LogP contribution is 2.15. The molecule has 1 unspecified atom stereocenters. The summed E-state index contributed by atoms with van der Waals surface area (Å²) in [4.78, 5) is 0. The van der Waals surface area contributed by atoms with Crippen molar-refractivity contribution in [1.29, 1.82) is 0 Å². The Balaban J connectivity index is 1.83. The molecule has 1 aromatic heterocycles. The van der Waals surface area contributed by atoms with Gasteiger partial charge in [0.05, 0.1) is 6.10 Å². The quantitative estimate of drug-likeness (QED) is 0.869. The maximum Gasteiger partial charge on any atom is 0.0583 e. The number of benzene rings is 1. The maximum atomic E-state index is 9.95. The van der Waals surface area contributed by atoms with Crippen molar-refractivity contribution in [3.8, 4) is 0 Å². The molecule has 17 heavy (non-hydrogen) atoms. The number of halogens is 1. The minimum absolute atomic E-state index is 0.298. The lowest BCUT2D eigenvalue weighted by atomic mass is 10.0. The van der Waals surface area contributed by atoms with Gasteiger partial charge in [-0.1, -0.05) is 23.7 Å². The van der Waals surface area contributed by atoms with Gasteiger partial charge >= 0.3 is 0 Å². The van der Waals surface area contributed by atoms with Gasteiger partial charge in [-0.2, -0.15) is 11.3 Å². The first-order valence-electron chi connectivity index (χ1n) is 5.67. The van der Waals surface area contributed by atoms with Crippen molar-refractivity contribution in [1.82, 2.24) is 0 Å². The highest BCUT2D eigenvalue weighted by Gasteiger charge is 2.06. The second-order valence-corrected chi connectivity index (χ2v) is 5.37. The van der Waals surface area contributed by atoms with E-state index in [-0.39, 0.29) is 6.10 Å². The number of aliphatic hydroxyl groups excluding tert-OH is 1. The van der Waals surface area contributed by atoms with E-state index in [0.717, 1.165) is 23.4 Å². The molecule has 1 atom stereocenters. The van der Waals surface area contributed by atoms with E-state index < -0.39 is 0 Å². The summed E-state index contributed by atoms with van der Waals surface area (Å²) in [5.74, 6) is 0. The summed E-state index contributed by atoms with van der Waals surface area (Å²) in [7, 11) is 0. The van der Waals surface area contributed by atoms with E-state index in [2.05, 4.69) is 16.8 Å². The van der Waals surface area contributed by atoms with Gasteiger partial charge in [-0.15, -0.1) is 0 Å². The molecule has 1 aromatic carbocycles. The van der Waals surface area contributed by atoms with E-state index >= 15 is 0 Å². The molecule has 3 heteroatoms. The van der Waals surface area contributed by atoms with E-state index in [4.69, 9.17) is 11.6 Å². The smallest absolute Gasteiger partial charge is 0.0583 e. The molecule has 2 rings (SSSR count). The summed E-state index contributed by atoms with van der Waals surface area (Å²) in [6.07, 6.45) is 2.10. The Morgan fingerprint density at radius 1 is 1.24 bits per heavy atom. The Hall–Kier alpha value is -0.830. The molecule has 0 amide bonds. The topological polar surface area (TPSA) is 20.2 Å². The Bertz CT molecular complexity index is 453. The van der Waals surface area contributed by atoms with Crippen molar-refractivity contribution in [3.05, 3.63) is 57.2 Å². The Labute approximate surface area is 111 Å². The normalized spacial score (nSPS) is 12.6. The van der Waals surface area contributed by atoms with Crippen LogP contribution in [0.25, 0.3) is 0 Å². The number of hydrogen-bond acceptors (Lipinski definition) is 2. The predicted octanol–water partition coefficient (Wildman–Crippen LogP) is 3.94. The molecule has 2 aromatic rings. The number of aliphatic hydroxyl groups is 1. The van der Waals surface area contributed by atoms with E-state index in [1.54, 1.807) is 11.3 Å². The monoisotopic (exact) mass is 266 g/mol. The van der Waals surface area contributed by atoms with E-state index in [9.17, 15) is 5.11 Å². The standard InChI is InChI=1S/C14H15ClOS/c15-13-3-1-2-12(8-13)9-14(16)5-4-11-6-7-17-10-11/h1-3,6-8,10,14,16H,4-5,9H2. The van der Waals surface area contributed by atoms with Gasteiger partial charge in [0.2, 0.25) is 0 Å². The molecule has 0 spiro atoms. The van der Waals surface area contributed by atoms with Gasteiger partial charge < -0.3 is 5.11 Å². The van der Waals surface area contributed by atoms with Crippen molar-refractivity contribution in [2.75, 3.05) is 0 Å². The van der Waals surface area contributed by atoms with Crippen LogP contribution in [0.4, 0.5) is 0 Å². The third-order valence-corrected chi connectivity index (χ3v) is 3.67. The summed E-state index contributed by atoms with van der Waals surface area (Å²) in [5, 5.41) is 14.9. The Morgan fingerprint density at radius 3 is 2.82 bits per heavy atom. The van der Waals surface area contributed by atoms with Crippen LogP contribution in [0, 0.1) is 0 Å². The van der Waals surface area contributed by atoms with Crippen molar-refractivity contribution in [3.63, 3.8) is 0 Å². The van der Waals surface area contributed by atoms with E-state index in [1.165, 1.54) is 5.56 Å². The van der Waals surface area contributed by atoms with Crippen LogP contribution in [0.5, 0.6) is 0 Å². The van der Waals surface area contributed by atoms with Crippen LogP contribution in [-0.4, -0.2) is 11.2 Å². The lowest BCUT2D eigenvalue weighted by Gasteiger charge is -2.10. The Kier molecular flexibility index (Phi) is 4.60. The first-order valence-corrected chi connectivity index (χ1v) is 7.00. The molecule has 90 valence electrons. The summed E-state index contributed by atoms with van der Waals surface area (Å²) in [5.41, 5.74) is 2.40. The molecule has 0 saturated heterocycles. The molecule has 0 saturated carbocycles. The zero-order valence-electron chi connectivity index (χ0n) is 9.47. The van der Waals surface area contributed by atoms with Crippen molar-refractivity contribution in [2.45, 2.75) is 25.4 Å². The van der Waals surface area contributed by atoms with Gasteiger partial charge in [0.15, 0.2) is 0 Å². The van der Waals surface area contributed by atoms with Crippen LogP contribution in [0.2, 0.25) is 5.02 Å². The maximum absolute atomic E-state index is 9.95. The average molecular weight is 267 g/mol. The first kappa shape index (κ1) is 12.6. The van der Waals surface area contributed by atoms with Crippen LogP contribution in [-0.2, 0) is 12.8 Å². The highest BCUT2D eigenvalue weighted by molar-refractivity contribution is 7.07. The number of aryl methyl sites for hydroxylation is 1. The summed E-state index contributed by atoms with van der Waals surface area (Å²) in [6, 6.07) is 9.79. The summed E-state index contributed by atoms with van der Waals surface area (Å²) < 4.78 is 0. The van der Waals surface area contributed by atoms with Crippen LogP contribution in [0.15, 0.2) is 41.1 Å². The van der Waals surface area contributed by atoms with Crippen LogP contribution < -0.4 is 0 Å². The molecule has 1 nitrogen and oxygen atoms in total. The highest BCUT2D eigenvalue weighted by atomic mass is 35.5. The molecule has 1 N–H and O–H groups in total. The SMILES string of the molecule is OC(CCc1ccsc1)Cc1cccc(Cl)c1. The fourth-order valence-electron chi connectivity index (χ4n) is 1.81. The molecule has 0 fully saturated rings. The molecule has 0 aliphatic carbocycles. The molecular formula is C14H15ClOS. The van der Waals surface area contributed by atoms with Gasteiger partial charge in [0.25, 0.3) is 0 Å². The number of rotatable bonds is 5. The second kappa shape index (κ2) is 6.20. The molecule has 0 aliphatic rings. The predicted molar refractivity (Wildman–Crippen MR) is 73.8 cm³/mol. The van der Waals surface area contributed by atoms with Crippen molar-refractivity contribution in [2.24, 2.45) is 0 Å². The third kappa shape index (κ3) is 4.15. The third-order valence-electron chi connectivity index (χ3n) is 2.71. The molecule has 0 bridgehead atoms.